The van der Waals surface area contributed by atoms with Crippen LogP contribution in [0.15, 0.2) is 23.1 Å². The van der Waals surface area contributed by atoms with Gasteiger partial charge < -0.3 is 5.11 Å². The number of hydrogen-bond acceptors (Lipinski definition) is 2. The molecule has 15 heavy (non-hydrogen) atoms. The Morgan fingerprint density at radius 1 is 1.33 bits per heavy atom. The Morgan fingerprint density at radius 2 is 1.93 bits per heavy atom. The number of carboxylic acid groups (broad SMARTS) is 1. The largest absolute Gasteiger partial charge is 0.478 e. The molecule has 0 radical (unpaired) electrons. The fourth-order valence-electron chi connectivity index (χ4n) is 0.865. The van der Waals surface area contributed by atoms with Crippen LogP contribution < -0.4 is 0 Å². The van der Waals surface area contributed by atoms with Crippen LogP contribution in [0.1, 0.15) is 10.4 Å². The normalized spacial score (nSPS) is 11.5. The molecule has 1 N–H and O–H groups in total. The molecule has 0 spiro atoms. The highest BCUT2D eigenvalue weighted by molar-refractivity contribution is 8.00. The molecule has 0 aliphatic heterocycles. The van der Waals surface area contributed by atoms with Crippen LogP contribution in [-0.2, 0) is 0 Å². The zero-order chi connectivity index (χ0) is 11.6. The molecule has 0 saturated heterocycles. The van der Waals surface area contributed by atoms with Gasteiger partial charge in [0.15, 0.2) is 0 Å². The predicted octanol–water partition coefficient (Wildman–Crippen LogP) is 3.14. The molecule has 0 aromatic heterocycles. The van der Waals surface area contributed by atoms with Crippen molar-refractivity contribution in [2.45, 2.75) is 10.4 Å². The highest BCUT2D eigenvalue weighted by atomic mass is 32.2. The van der Waals surface area contributed by atoms with E-state index in [-0.39, 0.29) is 4.90 Å². The van der Waals surface area contributed by atoms with Gasteiger partial charge in [-0.05, 0) is 30.0 Å². The molecule has 1 rings (SSSR count). The lowest BCUT2D eigenvalue weighted by Crippen LogP contribution is -2.03. The van der Waals surface area contributed by atoms with E-state index in [0.29, 0.717) is 12.1 Å². The van der Waals surface area contributed by atoms with Crippen molar-refractivity contribution in [3.8, 4) is 0 Å². The fraction of sp³-hybridized carbons (Fsp3) is 0.125. The Balaban J connectivity index is 3.03. The van der Waals surface area contributed by atoms with E-state index in [1.165, 1.54) is 0 Å². The minimum absolute atomic E-state index is 0.360. The molecule has 1 aromatic carbocycles. The van der Waals surface area contributed by atoms with Crippen LogP contribution in [0.5, 0.6) is 0 Å². The van der Waals surface area contributed by atoms with Gasteiger partial charge in [0.05, 0.1) is 5.56 Å². The first kappa shape index (κ1) is 11.8. The number of carboxylic acids is 1. The average Bonchev–Trinajstić information content (AvgIpc) is 2.05. The third-order valence-corrected chi connectivity index (χ3v) is 2.12. The first-order valence-electron chi connectivity index (χ1n) is 3.58. The molecule has 0 unspecified atom stereocenters. The molecule has 7 heteroatoms. The summed E-state index contributed by atoms with van der Waals surface area (Å²) < 4.78 is 48.5. The number of carbonyl (C=O) groups is 1. The molecule has 0 bridgehead atoms. The summed E-state index contributed by atoms with van der Waals surface area (Å²) in [7, 11) is 0. The fourth-order valence-corrected chi connectivity index (χ4v) is 1.45. The molecular weight excluding hydrogens is 236 g/mol. The molecule has 0 amide bonds. The predicted molar refractivity (Wildman–Crippen MR) is 45.3 cm³/mol. The highest BCUT2D eigenvalue weighted by Gasteiger charge is 2.29. The Hall–Kier alpha value is -1.24. The SMILES string of the molecule is O=C(O)c1cc(SC(F)(F)F)ccc1F. The summed E-state index contributed by atoms with van der Waals surface area (Å²) in [6.45, 7) is 0. The summed E-state index contributed by atoms with van der Waals surface area (Å²) in [5, 5.41) is 8.46. The standard InChI is InChI=1S/C8H4F4O2S/c9-6-2-1-4(15-8(10,11)12)3-5(6)7(13)14/h1-3H,(H,13,14). The van der Waals surface area contributed by atoms with E-state index >= 15 is 0 Å². The van der Waals surface area contributed by atoms with Gasteiger partial charge in [0.1, 0.15) is 5.82 Å². The molecule has 2 nitrogen and oxygen atoms in total. The maximum atomic E-state index is 12.8. The van der Waals surface area contributed by atoms with Gasteiger partial charge in [-0.3, -0.25) is 0 Å². The van der Waals surface area contributed by atoms with Crippen molar-refractivity contribution in [1.82, 2.24) is 0 Å². The lowest BCUT2D eigenvalue weighted by Gasteiger charge is -2.06. The van der Waals surface area contributed by atoms with E-state index in [0.717, 1.165) is 6.07 Å². The van der Waals surface area contributed by atoms with E-state index in [1.807, 2.05) is 0 Å². The Bertz CT molecular complexity index is 389. The number of thioether (sulfide) groups is 1. The van der Waals surface area contributed by atoms with Crippen LogP contribution in [-0.4, -0.2) is 16.6 Å². The molecule has 0 saturated carbocycles. The van der Waals surface area contributed by atoms with Gasteiger partial charge in [-0.15, -0.1) is 0 Å². The third-order valence-electron chi connectivity index (χ3n) is 1.40. The van der Waals surface area contributed by atoms with Gasteiger partial charge in [-0.1, -0.05) is 0 Å². The Labute approximate surface area is 85.9 Å². The minimum Gasteiger partial charge on any atom is -0.478 e. The van der Waals surface area contributed by atoms with E-state index in [4.69, 9.17) is 5.11 Å². The first-order chi connectivity index (χ1) is 6.79. The zero-order valence-electron chi connectivity index (χ0n) is 7.01. The van der Waals surface area contributed by atoms with Crippen LogP contribution in [0.4, 0.5) is 17.6 Å². The van der Waals surface area contributed by atoms with E-state index in [1.54, 1.807) is 0 Å². The van der Waals surface area contributed by atoms with Crippen LogP contribution in [0.3, 0.4) is 0 Å². The van der Waals surface area contributed by atoms with Gasteiger partial charge >= 0.3 is 11.5 Å². The lowest BCUT2D eigenvalue weighted by atomic mass is 10.2. The van der Waals surface area contributed by atoms with Crippen LogP contribution in [0, 0.1) is 5.82 Å². The summed E-state index contributed by atoms with van der Waals surface area (Å²) >= 11 is -0.489. The minimum atomic E-state index is -4.52. The molecule has 0 aliphatic carbocycles. The van der Waals surface area contributed by atoms with Gasteiger partial charge in [0.25, 0.3) is 0 Å². The first-order valence-corrected chi connectivity index (χ1v) is 4.40. The summed E-state index contributed by atoms with van der Waals surface area (Å²) in [6, 6.07) is 2.22. The van der Waals surface area contributed by atoms with Crippen molar-refractivity contribution < 1.29 is 27.5 Å². The van der Waals surface area contributed by atoms with Crippen molar-refractivity contribution in [2.24, 2.45) is 0 Å². The number of alkyl halides is 3. The number of rotatable bonds is 2. The van der Waals surface area contributed by atoms with Crippen molar-refractivity contribution in [3.63, 3.8) is 0 Å². The summed E-state index contributed by atoms with van der Waals surface area (Å²) in [4.78, 5) is 10.0. The molecular formula is C8H4F4O2S. The maximum absolute atomic E-state index is 12.8. The molecule has 1 aromatic rings. The monoisotopic (exact) mass is 240 g/mol. The number of halogens is 4. The van der Waals surface area contributed by atoms with Crippen molar-refractivity contribution >= 4 is 17.7 Å². The second-order valence-electron chi connectivity index (χ2n) is 2.49. The second kappa shape index (κ2) is 4.09. The van der Waals surface area contributed by atoms with E-state index in [9.17, 15) is 22.4 Å². The number of aromatic carboxylic acids is 1. The van der Waals surface area contributed by atoms with Crippen LogP contribution in [0.2, 0.25) is 0 Å². The molecule has 82 valence electrons. The van der Waals surface area contributed by atoms with Crippen molar-refractivity contribution in [1.29, 1.82) is 0 Å². The van der Waals surface area contributed by atoms with Crippen LogP contribution in [0.25, 0.3) is 0 Å². The Kier molecular flexibility index (Phi) is 3.23. The smallest absolute Gasteiger partial charge is 0.446 e. The number of hydrogen-bond donors (Lipinski definition) is 1. The molecule has 0 atom stereocenters. The van der Waals surface area contributed by atoms with Gasteiger partial charge in [0, 0.05) is 4.90 Å². The molecule has 0 fully saturated rings. The van der Waals surface area contributed by atoms with E-state index < -0.39 is 34.6 Å². The summed E-state index contributed by atoms with van der Waals surface area (Å²) in [5.41, 5.74) is -5.29. The summed E-state index contributed by atoms with van der Waals surface area (Å²) in [5.74, 6) is -2.66. The van der Waals surface area contributed by atoms with Gasteiger partial charge in [-0.2, -0.15) is 13.2 Å². The van der Waals surface area contributed by atoms with Gasteiger partial charge in [-0.25, -0.2) is 9.18 Å². The van der Waals surface area contributed by atoms with Gasteiger partial charge in [0.2, 0.25) is 0 Å². The number of benzene rings is 1. The Morgan fingerprint density at radius 3 is 2.40 bits per heavy atom. The van der Waals surface area contributed by atoms with E-state index in [2.05, 4.69) is 0 Å². The maximum Gasteiger partial charge on any atom is 0.446 e. The topological polar surface area (TPSA) is 37.3 Å². The van der Waals surface area contributed by atoms with Crippen molar-refractivity contribution in [3.05, 3.63) is 29.6 Å². The lowest BCUT2D eigenvalue weighted by molar-refractivity contribution is -0.0328. The van der Waals surface area contributed by atoms with Crippen LogP contribution >= 0.6 is 11.8 Å². The highest BCUT2D eigenvalue weighted by Crippen LogP contribution is 2.37. The molecule has 0 heterocycles. The molecule has 0 aliphatic rings. The average molecular weight is 240 g/mol. The third kappa shape index (κ3) is 3.43. The zero-order valence-corrected chi connectivity index (χ0v) is 7.82. The quantitative estimate of drug-likeness (QED) is 0.637. The van der Waals surface area contributed by atoms with Crippen molar-refractivity contribution in [2.75, 3.05) is 0 Å². The summed E-state index contributed by atoms with van der Waals surface area (Å²) in [6.07, 6.45) is 0. The second-order valence-corrected chi connectivity index (χ2v) is 3.63.